The number of amides is 1. The third-order valence-corrected chi connectivity index (χ3v) is 5.55. The SMILES string of the molecule is CCN(C)C(=O)Oc1cc2c(cc1F)OC(c1ccc(F)cc1)(c1ccc(Cl)cc1Cl)O2. The Morgan fingerprint density at radius 3 is 2.31 bits per heavy atom. The Labute approximate surface area is 193 Å². The molecule has 32 heavy (non-hydrogen) atoms. The molecule has 1 heterocycles. The zero-order valence-electron chi connectivity index (χ0n) is 17.0. The number of halogens is 4. The van der Waals surface area contributed by atoms with Gasteiger partial charge in [0.2, 0.25) is 0 Å². The summed E-state index contributed by atoms with van der Waals surface area (Å²) in [5.41, 5.74) is 0.778. The van der Waals surface area contributed by atoms with Crippen LogP contribution in [0.5, 0.6) is 17.2 Å². The normalized spacial score (nSPS) is 16.7. The smallest absolute Gasteiger partial charge is 0.415 e. The van der Waals surface area contributed by atoms with Gasteiger partial charge in [-0.15, -0.1) is 0 Å². The van der Waals surface area contributed by atoms with Gasteiger partial charge in [-0.1, -0.05) is 23.2 Å². The van der Waals surface area contributed by atoms with Crippen LogP contribution in [0.2, 0.25) is 10.0 Å². The van der Waals surface area contributed by atoms with Crippen molar-refractivity contribution in [3.05, 3.63) is 87.4 Å². The topological polar surface area (TPSA) is 48.0 Å². The van der Waals surface area contributed by atoms with Crippen molar-refractivity contribution in [1.29, 1.82) is 0 Å². The number of benzene rings is 3. The second-order valence-electron chi connectivity index (χ2n) is 7.06. The molecule has 9 heteroatoms. The molecule has 0 saturated carbocycles. The third-order valence-electron chi connectivity index (χ3n) is 5.00. The van der Waals surface area contributed by atoms with Gasteiger partial charge in [-0.25, -0.2) is 13.6 Å². The molecule has 1 aliphatic rings. The van der Waals surface area contributed by atoms with E-state index in [4.69, 9.17) is 37.4 Å². The molecule has 3 aromatic rings. The number of ether oxygens (including phenoxy) is 3. The van der Waals surface area contributed by atoms with E-state index in [-0.39, 0.29) is 22.3 Å². The van der Waals surface area contributed by atoms with Crippen molar-refractivity contribution in [2.75, 3.05) is 13.6 Å². The van der Waals surface area contributed by atoms with Gasteiger partial charge in [-0.05, 0) is 49.4 Å². The molecular weight excluding hydrogens is 463 g/mol. The first kappa shape index (κ1) is 22.2. The number of hydrogen-bond acceptors (Lipinski definition) is 4. The summed E-state index contributed by atoms with van der Waals surface area (Å²) in [5, 5.41) is 0.620. The van der Waals surface area contributed by atoms with Gasteiger partial charge in [0.15, 0.2) is 23.1 Å². The minimum atomic E-state index is -1.65. The lowest BCUT2D eigenvalue weighted by molar-refractivity contribution is -0.0459. The van der Waals surface area contributed by atoms with E-state index in [1.807, 2.05) is 0 Å². The highest BCUT2D eigenvalue weighted by Crippen LogP contribution is 2.51. The second kappa shape index (κ2) is 8.48. The van der Waals surface area contributed by atoms with Gasteiger partial charge < -0.3 is 19.1 Å². The van der Waals surface area contributed by atoms with Crippen LogP contribution in [0.1, 0.15) is 18.1 Å². The Morgan fingerprint density at radius 2 is 1.69 bits per heavy atom. The first-order valence-electron chi connectivity index (χ1n) is 9.59. The molecule has 0 saturated heterocycles. The van der Waals surface area contributed by atoms with Crippen LogP contribution in [-0.4, -0.2) is 24.6 Å². The van der Waals surface area contributed by atoms with Crippen molar-refractivity contribution < 1.29 is 27.8 Å². The maximum atomic E-state index is 14.7. The summed E-state index contributed by atoms with van der Waals surface area (Å²) in [5.74, 6) is -3.07. The van der Waals surface area contributed by atoms with Crippen molar-refractivity contribution in [3.8, 4) is 17.2 Å². The van der Waals surface area contributed by atoms with Crippen molar-refractivity contribution in [1.82, 2.24) is 4.90 Å². The van der Waals surface area contributed by atoms with Crippen molar-refractivity contribution in [2.45, 2.75) is 12.7 Å². The van der Waals surface area contributed by atoms with E-state index in [0.717, 1.165) is 6.07 Å². The first-order valence-corrected chi connectivity index (χ1v) is 10.3. The van der Waals surface area contributed by atoms with Gasteiger partial charge in [0, 0.05) is 36.3 Å². The summed E-state index contributed by atoms with van der Waals surface area (Å²) in [4.78, 5) is 13.4. The molecule has 0 aromatic heterocycles. The molecule has 1 aliphatic heterocycles. The average molecular weight is 480 g/mol. The van der Waals surface area contributed by atoms with Crippen LogP contribution >= 0.6 is 23.2 Å². The third kappa shape index (κ3) is 3.94. The van der Waals surface area contributed by atoms with Crippen LogP contribution in [0.3, 0.4) is 0 Å². The summed E-state index contributed by atoms with van der Waals surface area (Å²) < 4.78 is 45.6. The lowest BCUT2D eigenvalue weighted by Crippen LogP contribution is -2.37. The van der Waals surface area contributed by atoms with Crippen molar-refractivity contribution in [2.24, 2.45) is 0 Å². The molecule has 0 aliphatic carbocycles. The van der Waals surface area contributed by atoms with E-state index in [2.05, 4.69) is 0 Å². The van der Waals surface area contributed by atoms with E-state index in [9.17, 15) is 13.6 Å². The molecule has 1 amide bonds. The zero-order chi connectivity index (χ0) is 23.0. The Kier molecular flexibility index (Phi) is 5.88. The highest BCUT2D eigenvalue weighted by atomic mass is 35.5. The fourth-order valence-corrected chi connectivity index (χ4v) is 3.73. The summed E-state index contributed by atoms with van der Waals surface area (Å²) in [6, 6.07) is 12.4. The second-order valence-corrected chi connectivity index (χ2v) is 7.91. The first-order chi connectivity index (χ1) is 15.2. The number of fused-ring (bicyclic) bond motifs is 1. The molecule has 0 fully saturated rings. The Morgan fingerprint density at radius 1 is 1.03 bits per heavy atom. The highest BCUT2D eigenvalue weighted by Gasteiger charge is 2.47. The standard InChI is InChI=1S/C23H17Cl2F2NO4/c1-3-28(2)22(29)30-19-12-21-20(11-18(19)27)31-23(32-21,13-4-7-15(26)8-5-13)16-9-6-14(24)10-17(16)25/h4-12H,3H2,1-2H3. The summed E-state index contributed by atoms with van der Waals surface area (Å²) in [6.45, 7) is 2.14. The lowest BCUT2D eigenvalue weighted by atomic mass is 9.97. The molecule has 166 valence electrons. The molecular formula is C23H17Cl2F2NO4. The molecule has 4 rings (SSSR count). The van der Waals surface area contributed by atoms with E-state index in [1.165, 1.54) is 48.3 Å². The van der Waals surface area contributed by atoms with Gasteiger partial charge in [-0.3, -0.25) is 0 Å². The fourth-order valence-electron chi connectivity index (χ4n) is 3.19. The Bertz CT molecular complexity index is 1190. The minimum Gasteiger partial charge on any atom is -0.440 e. The largest absolute Gasteiger partial charge is 0.440 e. The summed E-state index contributed by atoms with van der Waals surface area (Å²) in [6.07, 6.45) is -0.726. The maximum Gasteiger partial charge on any atom is 0.415 e. The van der Waals surface area contributed by atoms with Crippen LogP contribution < -0.4 is 14.2 Å². The van der Waals surface area contributed by atoms with Crippen LogP contribution in [0, 0.1) is 11.6 Å². The van der Waals surface area contributed by atoms with Gasteiger partial charge >= 0.3 is 11.9 Å². The number of nitrogens with zero attached hydrogens (tertiary/aromatic N) is 1. The average Bonchev–Trinajstić information content (AvgIpc) is 3.12. The predicted molar refractivity (Wildman–Crippen MR) is 116 cm³/mol. The number of carbonyl (C=O) groups excluding carboxylic acids is 1. The minimum absolute atomic E-state index is 0.0569. The van der Waals surface area contributed by atoms with Crippen LogP contribution in [0.25, 0.3) is 0 Å². The lowest BCUT2D eigenvalue weighted by Gasteiger charge is -2.29. The highest BCUT2D eigenvalue weighted by molar-refractivity contribution is 6.35. The molecule has 0 N–H and O–H groups in total. The number of rotatable bonds is 4. The monoisotopic (exact) mass is 479 g/mol. The molecule has 5 nitrogen and oxygen atoms in total. The number of hydrogen-bond donors (Lipinski definition) is 0. The number of carbonyl (C=O) groups is 1. The van der Waals surface area contributed by atoms with Gasteiger partial charge in [-0.2, -0.15) is 0 Å². The van der Waals surface area contributed by atoms with Crippen LogP contribution in [0.4, 0.5) is 13.6 Å². The van der Waals surface area contributed by atoms with E-state index >= 15 is 0 Å². The Balaban J connectivity index is 1.80. The summed E-state index contributed by atoms with van der Waals surface area (Å²) >= 11 is 12.5. The van der Waals surface area contributed by atoms with Crippen LogP contribution in [0.15, 0.2) is 54.6 Å². The molecule has 1 atom stereocenters. The zero-order valence-corrected chi connectivity index (χ0v) is 18.5. The van der Waals surface area contributed by atoms with Gasteiger partial charge in [0.05, 0.1) is 10.6 Å². The van der Waals surface area contributed by atoms with Crippen LogP contribution in [-0.2, 0) is 5.79 Å². The molecule has 1 unspecified atom stereocenters. The Hall–Kier alpha value is -3.03. The van der Waals surface area contributed by atoms with E-state index in [1.54, 1.807) is 19.1 Å². The molecule has 3 aromatic carbocycles. The maximum absolute atomic E-state index is 14.7. The van der Waals surface area contributed by atoms with Crippen molar-refractivity contribution >= 4 is 29.3 Å². The van der Waals surface area contributed by atoms with E-state index in [0.29, 0.717) is 22.7 Å². The predicted octanol–water partition coefficient (Wildman–Crippen LogP) is 6.39. The quantitative estimate of drug-likeness (QED) is 0.434. The van der Waals surface area contributed by atoms with Gasteiger partial charge in [0.25, 0.3) is 0 Å². The summed E-state index contributed by atoms with van der Waals surface area (Å²) in [7, 11) is 1.52. The fraction of sp³-hybridized carbons (Fsp3) is 0.174. The van der Waals surface area contributed by atoms with Gasteiger partial charge in [0.1, 0.15) is 5.82 Å². The van der Waals surface area contributed by atoms with E-state index < -0.39 is 23.5 Å². The molecule has 0 bridgehead atoms. The molecule has 0 spiro atoms. The van der Waals surface area contributed by atoms with Crippen molar-refractivity contribution in [3.63, 3.8) is 0 Å². The molecule has 0 radical (unpaired) electrons.